The van der Waals surface area contributed by atoms with E-state index in [9.17, 15) is 0 Å². The summed E-state index contributed by atoms with van der Waals surface area (Å²) in [7, 11) is 0. The minimum Gasteiger partial charge on any atom is -0.484 e. The third-order valence-electron chi connectivity index (χ3n) is 0.967. The fraction of sp³-hybridized carbons (Fsp3) is 0.333. The van der Waals surface area contributed by atoms with Crippen molar-refractivity contribution in [1.82, 2.24) is 0 Å². The molecule has 1 aliphatic heterocycles. The van der Waals surface area contributed by atoms with Gasteiger partial charge in [0.15, 0.2) is 5.44 Å². The third-order valence-corrected chi connectivity index (χ3v) is 1.26. The second-order valence-electron chi connectivity index (χ2n) is 1.73. The Morgan fingerprint density at radius 2 is 2.11 bits per heavy atom. The van der Waals surface area contributed by atoms with Gasteiger partial charge in [0.25, 0.3) is 0 Å². The maximum Gasteiger partial charge on any atom is 0.159 e. The predicted octanol–water partition coefficient (Wildman–Crippen LogP) is 0.703. The minimum absolute atomic E-state index is 0.224. The van der Waals surface area contributed by atoms with Gasteiger partial charge in [-0.3, -0.25) is 0 Å². The molecule has 0 amide bonds. The number of aliphatic hydroxyl groups is 1. The molecule has 0 aromatic carbocycles. The Labute approximate surface area is 59.2 Å². The molecule has 0 bridgehead atoms. The lowest BCUT2D eigenvalue weighted by Crippen LogP contribution is -1.94. The van der Waals surface area contributed by atoms with Gasteiger partial charge in [-0.05, 0) is 12.2 Å². The van der Waals surface area contributed by atoms with E-state index >= 15 is 0 Å². The molecule has 0 aromatic rings. The molecule has 9 heavy (non-hydrogen) atoms. The van der Waals surface area contributed by atoms with Gasteiger partial charge in [0.1, 0.15) is 0 Å². The molecule has 2 atom stereocenters. The highest BCUT2D eigenvalue weighted by Crippen LogP contribution is 2.05. The van der Waals surface area contributed by atoms with Crippen molar-refractivity contribution in [2.45, 2.75) is 11.5 Å². The molecule has 3 heteroatoms. The Morgan fingerprint density at radius 1 is 1.33 bits per heavy atom. The van der Waals surface area contributed by atoms with Gasteiger partial charge < -0.3 is 9.84 Å². The van der Waals surface area contributed by atoms with E-state index in [0.29, 0.717) is 0 Å². The molecule has 0 saturated heterocycles. The highest BCUT2D eigenvalue weighted by molar-refractivity contribution is 7.80. The number of hydrogen-bond acceptors (Lipinski definition) is 3. The van der Waals surface area contributed by atoms with E-state index in [1.807, 2.05) is 0 Å². The van der Waals surface area contributed by atoms with Crippen molar-refractivity contribution in [1.29, 1.82) is 0 Å². The lowest BCUT2D eigenvalue weighted by atomic mass is 10.3. The second kappa shape index (κ2) is 2.94. The van der Waals surface area contributed by atoms with E-state index in [1.165, 1.54) is 6.26 Å². The molecule has 50 valence electrons. The van der Waals surface area contributed by atoms with Crippen LogP contribution in [-0.2, 0) is 4.74 Å². The Kier molecular flexibility index (Phi) is 2.19. The normalized spacial score (nSPS) is 33.6. The van der Waals surface area contributed by atoms with E-state index < -0.39 is 6.10 Å². The molecule has 1 heterocycles. The average molecular weight is 144 g/mol. The first-order valence-corrected chi connectivity index (χ1v) is 3.17. The van der Waals surface area contributed by atoms with Crippen molar-refractivity contribution in [2.75, 3.05) is 0 Å². The summed E-state index contributed by atoms with van der Waals surface area (Å²) < 4.78 is 4.91. The summed E-state index contributed by atoms with van der Waals surface area (Å²) in [5.41, 5.74) is -0.224. The van der Waals surface area contributed by atoms with Crippen LogP contribution in [0.5, 0.6) is 0 Å². The molecule has 0 spiro atoms. The van der Waals surface area contributed by atoms with Crippen LogP contribution in [0.15, 0.2) is 24.5 Å². The summed E-state index contributed by atoms with van der Waals surface area (Å²) in [6, 6.07) is 0. The quantitative estimate of drug-likeness (QED) is 0.387. The topological polar surface area (TPSA) is 29.5 Å². The summed E-state index contributed by atoms with van der Waals surface area (Å²) in [5.74, 6) is 0. The van der Waals surface area contributed by atoms with Crippen LogP contribution in [0.25, 0.3) is 0 Å². The van der Waals surface area contributed by atoms with Crippen molar-refractivity contribution >= 4 is 12.6 Å². The minimum atomic E-state index is -0.526. The molecule has 0 aliphatic carbocycles. The zero-order valence-electron chi connectivity index (χ0n) is 4.77. The first-order valence-electron chi connectivity index (χ1n) is 2.65. The van der Waals surface area contributed by atoms with E-state index in [4.69, 9.17) is 9.84 Å². The first kappa shape index (κ1) is 6.71. The van der Waals surface area contributed by atoms with Gasteiger partial charge in [0.05, 0.1) is 12.4 Å². The van der Waals surface area contributed by atoms with Gasteiger partial charge in [0.2, 0.25) is 0 Å². The van der Waals surface area contributed by atoms with Crippen LogP contribution in [-0.4, -0.2) is 16.6 Å². The third kappa shape index (κ3) is 2.11. The lowest BCUT2D eigenvalue weighted by molar-refractivity contribution is 0.254. The van der Waals surface area contributed by atoms with Crippen LogP contribution in [0.2, 0.25) is 0 Å². The SMILES string of the molecule is OC1C=COC(S)C=C1. The maximum absolute atomic E-state index is 8.92. The molecule has 1 N–H and O–H groups in total. The molecule has 0 saturated carbocycles. The smallest absolute Gasteiger partial charge is 0.159 e. The van der Waals surface area contributed by atoms with Gasteiger partial charge in [-0.1, -0.05) is 6.08 Å². The summed E-state index contributed by atoms with van der Waals surface area (Å²) >= 11 is 4.00. The van der Waals surface area contributed by atoms with Crippen LogP contribution >= 0.6 is 12.6 Å². The molecule has 0 aromatic heterocycles. The number of thiol groups is 1. The van der Waals surface area contributed by atoms with Gasteiger partial charge in [-0.25, -0.2) is 0 Å². The molecule has 2 unspecified atom stereocenters. The zero-order chi connectivity index (χ0) is 6.69. The first-order chi connectivity index (χ1) is 4.29. The highest BCUT2D eigenvalue weighted by atomic mass is 32.1. The largest absolute Gasteiger partial charge is 0.484 e. The molecular formula is C6H8O2S. The summed E-state index contributed by atoms with van der Waals surface area (Å²) in [6.45, 7) is 0. The van der Waals surface area contributed by atoms with Crippen molar-refractivity contribution in [3.63, 3.8) is 0 Å². The van der Waals surface area contributed by atoms with Crippen molar-refractivity contribution in [3.05, 3.63) is 24.5 Å². The van der Waals surface area contributed by atoms with Crippen LogP contribution < -0.4 is 0 Å². The lowest BCUT2D eigenvalue weighted by Gasteiger charge is -2.00. The van der Waals surface area contributed by atoms with Crippen LogP contribution in [0.3, 0.4) is 0 Å². The van der Waals surface area contributed by atoms with E-state index in [0.717, 1.165) is 0 Å². The van der Waals surface area contributed by atoms with E-state index in [-0.39, 0.29) is 5.44 Å². The molecule has 1 aliphatic rings. The molecule has 0 fully saturated rings. The monoisotopic (exact) mass is 144 g/mol. The van der Waals surface area contributed by atoms with Crippen molar-refractivity contribution in [3.8, 4) is 0 Å². The zero-order valence-corrected chi connectivity index (χ0v) is 5.66. The van der Waals surface area contributed by atoms with Gasteiger partial charge in [-0.2, -0.15) is 0 Å². The second-order valence-corrected chi connectivity index (χ2v) is 2.24. The standard InChI is InChI=1S/C6H8O2S/c7-5-1-2-6(9)8-4-3-5/h1-7,9H. The highest BCUT2D eigenvalue weighted by Gasteiger charge is 2.00. The van der Waals surface area contributed by atoms with Gasteiger partial charge >= 0.3 is 0 Å². The Balaban J connectivity index is 2.58. The number of ether oxygens (including phenoxy) is 1. The maximum atomic E-state index is 8.92. The average Bonchev–Trinajstić information content (AvgIpc) is 1.97. The molecule has 0 radical (unpaired) electrons. The molecule has 1 rings (SSSR count). The molecule has 2 nitrogen and oxygen atoms in total. The van der Waals surface area contributed by atoms with Crippen LogP contribution in [0.1, 0.15) is 0 Å². The predicted molar refractivity (Wildman–Crippen MR) is 38.1 cm³/mol. The Bertz CT molecular complexity index is 142. The summed E-state index contributed by atoms with van der Waals surface area (Å²) in [4.78, 5) is 0. The Hall–Kier alpha value is -0.410. The van der Waals surface area contributed by atoms with E-state index in [1.54, 1.807) is 18.2 Å². The number of aliphatic hydroxyl groups excluding tert-OH is 1. The van der Waals surface area contributed by atoms with Crippen molar-refractivity contribution < 1.29 is 9.84 Å². The van der Waals surface area contributed by atoms with Crippen molar-refractivity contribution in [2.24, 2.45) is 0 Å². The number of hydrogen-bond donors (Lipinski definition) is 2. The van der Waals surface area contributed by atoms with E-state index in [2.05, 4.69) is 12.6 Å². The summed E-state index contributed by atoms with van der Waals surface area (Å²) in [6.07, 6.45) is 5.78. The molecular weight excluding hydrogens is 136 g/mol. The van der Waals surface area contributed by atoms with Gasteiger partial charge in [-0.15, -0.1) is 12.6 Å². The van der Waals surface area contributed by atoms with Crippen LogP contribution in [0.4, 0.5) is 0 Å². The van der Waals surface area contributed by atoms with Crippen LogP contribution in [0, 0.1) is 0 Å². The van der Waals surface area contributed by atoms with Gasteiger partial charge in [0, 0.05) is 0 Å². The Morgan fingerprint density at radius 3 is 2.89 bits per heavy atom. The fourth-order valence-corrected chi connectivity index (χ4v) is 0.694. The number of rotatable bonds is 0. The fourth-order valence-electron chi connectivity index (χ4n) is 0.525. The summed E-state index contributed by atoms with van der Waals surface area (Å²) in [5, 5.41) is 8.92.